The molecule has 0 aliphatic rings. The fourth-order valence-electron chi connectivity index (χ4n) is 2.20. The van der Waals surface area contributed by atoms with Crippen molar-refractivity contribution < 1.29 is 4.74 Å². The Morgan fingerprint density at radius 1 is 1.16 bits per heavy atom. The molecule has 19 heavy (non-hydrogen) atoms. The molecule has 1 aromatic carbocycles. The Morgan fingerprint density at radius 2 is 1.79 bits per heavy atom. The van der Waals surface area contributed by atoms with Gasteiger partial charge in [-0.2, -0.15) is 0 Å². The Balaban J connectivity index is 2.58. The van der Waals surface area contributed by atoms with Crippen LogP contribution in [0.1, 0.15) is 39.7 Å². The van der Waals surface area contributed by atoms with Crippen molar-refractivity contribution in [1.82, 2.24) is 5.32 Å². The lowest BCUT2D eigenvalue weighted by molar-refractivity contribution is 0.0934. The summed E-state index contributed by atoms with van der Waals surface area (Å²) < 4.78 is 5.42. The molecule has 0 aliphatic heterocycles. The molecule has 1 rings (SSSR count). The van der Waals surface area contributed by atoms with E-state index in [1.165, 1.54) is 5.56 Å². The molecule has 0 aromatic heterocycles. The monoisotopic (exact) mass is 263 g/mol. The van der Waals surface area contributed by atoms with Gasteiger partial charge in [-0.25, -0.2) is 0 Å². The van der Waals surface area contributed by atoms with Crippen molar-refractivity contribution in [3.63, 3.8) is 0 Å². The van der Waals surface area contributed by atoms with Crippen LogP contribution in [0.3, 0.4) is 0 Å². The van der Waals surface area contributed by atoms with Gasteiger partial charge in [-0.1, -0.05) is 30.3 Å². The lowest BCUT2D eigenvalue weighted by Gasteiger charge is -2.27. The molecule has 1 aromatic rings. The minimum atomic E-state index is 0.172. The maximum atomic E-state index is 5.42. The van der Waals surface area contributed by atoms with Crippen molar-refractivity contribution in [2.75, 3.05) is 13.7 Å². The third kappa shape index (κ3) is 7.34. The minimum Gasteiger partial charge on any atom is -0.382 e. The molecule has 0 radical (unpaired) electrons. The first-order chi connectivity index (χ1) is 8.90. The molecule has 0 saturated carbocycles. The van der Waals surface area contributed by atoms with Gasteiger partial charge in [0.1, 0.15) is 0 Å². The Bertz CT molecular complexity index is 342. The maximum absolute atomic E-state index is 5.42. The summed E-state index contributed by atoms with van der Waals surface area (Å²) in [5.74, 6) is 0.608. The number of methoxy groups -OCH3 is 1. The highest BCUT2D eigenvalue weighted by Gasteiger charge is 2.17. The quantitative estimate of drug-likeness (QED) is 0.810. The normalized spacial score (nSPS) is 15.2. The van der Waals surface area contributed by atoms with Gasteiger partial charge in [0.2, 0.25) is 0 Å². The Labute approximate surface area is 118 Å². The molecule has 2 unspecified atom stereocenters. The van der Waals surface area contributed by atoms with Crippen LogP contribution in [0.5, 0.6) is 0 Å². The Kier molecular flexibility index (Phi) is 6.53. The zero-order valence-corrected chi connectivity index (χ0v) is 13.1. The van der Waals surface area contributed by atoms with Crippen LogP contribution < -0.4 is 5.32 Å². The van der Waals surface area contributed by atoms with E-state index in [2.05, 4.69) is 63.3 Å². The lowest BCUT2D eigenvalue weighted by atomic mass is 9.93. The van der Waals surface area contributed by atoms with Crippen molar-refractivity contribution >= 4 is 0 Å². The molecular formula is C17H29NO. The largest absolute Gasteiger partial charge is 0.382 e. The van der Waals surface area contributed by atoms with Crippen molar-refractivity contribution in [3.05, 3.63) is 35.9 Å². The van der Waals surface area contributed by atoms with E-state index in [0.717, 1.165) is 19.4 Å². The number of hydrogen-bond acceptors (Lipinski definition) is 2. The fraction of sp³-hybridized carbons (Fsp3) is 0.647. The van der Waals surface area contributed by atoms with Crippen LogP contribution in [0.25, 0.3) is 0 Å². The van der Waals surface area contributed by atoms with E-state index in [0.29, 0.717) is 12.0 Å². The van der Waals surface area contributed by atoms with Crippen LogP contribution >= 0.6 is 0 Å². The van der Waals surface area contributed by atoms with Crippen molar-refractivity contribution in [2.45, 2.75) is 52.2 Å². The third-order valence-electron chi connectivity index (χ3n) is 3.36. The molecular weight excluding hydrogens is 234 g/mol. The number of nitrogens with one attached hydrogen (secondary N) is 1. The topological polar surface area (TPSA) is 21.3 Å². The first-order valence-corrected chi connectivity index (χ1v) is 7.22. The summed E-state index contributed by atoms with van der Waals surface area (Å²) in [6.07, 6.45) is 2.52. The van der Waals surface area contributed by atoms with Crippen molar-refractivity contribution in [3.8, 4) is 0 Å². The first kappa shape index (κ1) is 16.2. The molecule has 0 fully saturated rings. The molecule has 0 aliphatic carbocycles. The van der Waals surface area contributed by atoms with Gasteiger partial charge >= 0.3 is 0 Å². The lowest BCUT2D eigenvalue weighted by Crippen LogP contribution is -2.40. The van der Waals surface area contributed by atoms with Crippen LogP contribution in [0.15, 0.2) is 30.3 Å². The van der Waals surface area contributed by atoms with Gasteiger partial charge in [-0.05, 0) is 58.6 Å². The molecule has 1 N–H and O–H groups in total. The highest BCUT2D eigenvalue weighted by molar-refractivity contribution is 5.15. The molecule has 0 amide bonds. The van der Waals surface area contributed by atoms with Crippen LogP contribution in [0.4, 0.5) is 0 Å². The summed E-state index contributed by atoms with van der Waals surface area (Å²) in [6, 6.07) is 10.7. The van der Waals surface area contributed by atoms with E-state index in [-0.39, 0.29) is 5.54 Å². The molecule has 0 bridgehead atoms. The van der Waals surface area contributed by atoms with Gasteiger partial charge in [0, 0.05) is 12.6 Å². The van der Waals surface area contributed by atoms with E-state index in [1.54, 1.807) is 7.11 Å². The standard InChI is InChI=1S/C17H29NO/c1-14(19-5)11-16(13-18-17(2,3)4)12-15-9-7-6-8-10-15/h6-10,14,16,18H,11-13H2,1-5H3. The molecule has 2 nitrogen and oxygen atoms in total. The second kappa shape index (κ2) is 7.66. The zero-order chi connectivity index (χ0) is 14.3. The highest BCUT2D eigenvalue weighted by atomic mass is 16.5. The van der Waals surface area contributed by atoms with Gasteiger partial charge < -0.3 is 10.1 Å². The van der Waals surface area contributed by atoms with Crippen LogP contribution in [0, 0.1) is 5.92 Å². The molecule has 2 atom stereocenters. The number of rotatable bonds is 7. The van der Waals surface area contributed by atoms with Gasteiger partial charge in [0.15, 0.2) is 0 Å². The van der Waals surface area contributed by atoms with E-state index in [4.69, 9.17) is 4.74 Å². The van der Waals surface area contributed by atoms with E-state index in [1.807, 2.05) is 0 Å². The summed E-state index contributed by atoms with van der Waals surface area (Å²) in [5.41, 5.74) is 1.58. The highest BCUT2D eigenvalue weighted by Crippen LogP contribution is 2.16. The van der Waals surface area contributed by atoms with Crippen LogP contribution in [0.2, 0.25) is 0 Å². The van der Waals surface area contributed by atoms with Crippen LogP contribution in [-0.4, -0.2) is 25.3 Å². The van der Waals surface area contributed by atoms with Crippen molar-refractivity contribution in [2.24, 2.45) is 5.92 Å². The molecule has 0 saturated heterocycles. The SMILES string of the molecule is COC(C)CC(CNC(C)(C)C)Cc1ccccc1. The molecule has 108 valence electrons. The first-order valence-electron chi connectivity index (χ1n) is 7.22. The summed E-state index contributed by atoms with van der Waals surface area (Å²) in [5, 5.41) is 3.62. The molecule has 0 spiro atoms. The zero-order valence-electron chi connectivity index (χ0n) is 13.1. The van der Waals surface area contributed by atoms with Gasteiger partial charge in [0.05, 0.1) is 6.10 Å². The summed E-state index contributed by atoms with van der Waals surface area (Å²) in [4.78, 5) is 0. The van der Waals surface area contributed by atoms with Gasteiger partial charge in [-0.15, -0.1) is 0 Å². The summed E-state index contributed by atoms with van der Waals surface area (Å²) in [7, 11) is 1.79. The predicted octanol–water partition coefficient (Wildman–Crippen LogP) is 3.66. The summed E-state index contributed by atoms with van der Waals surface area (Å²) >= 11 is 0. The second-order valence-electron chi connectivity index (χ2n) is 6.47. The minimum absolute atomic E-state index is 0.172. The van der Waals surface area contributed by atoms with Gasteiger partial charge in [0.25, 0.3) is 0 Å². The van der Waals surface area contributed by atoms with Crippen molar-refractivity contribution in [1.29, 1.82) is 0 Å². The second-order valence-corrected chi connectivity index (χ2v) is 6.47. The number of hydrogen-bond donors (Lipinski definition) is 1. The van der Waals surface area contributed by atoms with Crippen LogP contribution in [-0.2, 0) is 11.2 Å². The van der Waals surface area contributed by atoms with Gasteiger partial charge in [-0.3, -0.25) is 0 Å². The smallest absolute Gasteiger partial charge is 0.0546 e. The maximum Gasteiger partial charge on any atom is 0.0546 e. The average Bonchev–Trinajstić information content (AvgIpc) is 2.36. The fourth-order valence-corrected chi connectivity index (χ4v) is 2.20. The number of ether oxygens (including phenoxy) is 1. The predicted molar refractivity (Wildman–Crippen MR) is 82.5 cm³/mol. The number of benzene rings is 1. The Hall–Kier alpha value is -0.860. The Morgan fingerprint density at radius 3 is 2.32 bits per heavy atom. The van der Waals surface area contributed by atoms with E-state index in [9.17, 15) is 0 Å². The summed E-state index contributed by atoms with van der Waals surface area (Å²) in [6.45, 7) is 9.83. The molecule has 2 heteroatoms. The molecule has 0 heterocycles. The van der Waals surface area contributed by atoms with E-state index < -0.39 is 0 Å². The third-order valence-corrected chi connectivity index (χ3v) is 3.36. The van der Waals surface area contributed by atoms with E-state index >= 15 is 0 Å². The average molecular weight is 263 g/mol.